The van der Waals surface area contributed by atoms with Gasteiger partial charge in [-0.25, -0.2) is 13.2 Å². The molecule has 0 heterocycles. The van der Waals surface area contributed by atoms with Gasteiger partial charge in [-0.1, -0.05) is 12.1 Å². The van der Waals surface area contributed by atoms with Crippen LogP contribution in [0, 0.1) is 17.5 Å². The van der Waals surface area contributed by atoms with Crippen LogP contribution in [0.4, 0.5) is 13.2 Å². The molecule has 1 N–H and O–H groups in total. The number of thioether (sulfide) groups is 1. The van der Waals surface area contributed by atoms with Gasteiger partial charge in [-0.2, -0.15) is 0 Å². The van der Waals surface area contributed by atoms with E-state index in [-0.39, 0.29) is 16.6 Å². The average Bonchev–Trinajstić information content (AvgIpc) is 2.51. The van der Waals surface area contributed by atoms with Gasteiger partial charge in [0.15, 0.2) is 0 Å². The van der Waals surface area contributed by atoms with E-state index in [4.69, 9.17) is 0 Å². The highest BCUT2D eigenvalue weighted by atomic mass is 32.2. The predicted octanol–water partition coefficient (Wildman–Crippen LogP) is 3.94. The molecule has 0 aliphatic carbocycles. The van der Waals surface area contributed by atoms with E-state index in [1.807, 2.05) is 0 Å². The molecule has 0 spiro atoms. The van der Waals surface area contributed by atoms with E-state index >= 15 is 0 Å². The lowest BCUT2D eigenvalue weighted by Crippen LogP contribution is -2.32. The quantitative estimate of drug-likeness (QED) is 0.808. The number of hydrogen-bond donors (Lipinski definition) is 1. The second kappa shape index (κ2) is 8.06. The molecule has 6 heteroatoms. The van der Waals surface area contributed by atoms with Crippen molar-refractivity contribution in [2.45, 2.75) is 23.5 Å². The normalized spacial score (nSPS) is 12.0. The smallest absolute Gasteiger partial charge is 0.233 e. The van der Waals surface area contributed by atoms with Crippen LogP contribution >= 0.6 is 11.8 Å². The lowest BCUT2D eigenvalue weighted by atomic mass is 10.1. The molecule has 1 amide bonds. The largest absolute Gasteiger partial charge is 0.355 e. The Balaban J connectivity index is 1.81. The number of halogens is 3. The standard InChI is InChI=1S/C17H16F3NOS/c1-11(23-16-7-6-14(19)10-15(16)20)17(22)21-9-8-12-2-4-13(18)5-3-12/h2-7,10-11H,8-9H2,1H3,(H,21,22)/t11-/m1/s1. The zero-order valence-corrected chi connectivity index (χ0v) is 13.3. The zero-order chi connectivity index (χ0) is 16.8. The lowest BCUT2D eigenvalue weighted by Gasteiger charge is -2.12. The van der Waals surface area contributed by atoms with E-state index < -0.39 is 16.9 Å². The van der Waals surface area contributed by atoms with Crippen LogP contribution in [-0.4, -0.2) is 17.7 Å². The summed E-state index contributed by atoms with van der Waals surface area (Å²) >= 11 is 1.03. The molecule has 2 nitrogen and oxygen atoms in total. The Labute approximate surface area is 137 Å². The van der Waals surface area contributed by atoms with Gasteiger partial charge >= 0.3 is 0 Å². The van der Waals surface area contributed by atoms with Gasteiger partial charge in [-0.3, -0.25) is 4.79 Å². The molecule has 0 radical (unpaired) electrons. The highest BCUT2D eigenvalue weighted by molar-refractivity contribution is 8.00. The number of hydrogen-bond acceptors (Lipinski definition) is 2. The third-order valence-corrected chi connectivity index (χ3v) is 4.35. The van der Waals surface area contributed by atoms with Gasteiger partial charge in [0.05, 0.1) is 5.25 Å². The van der Waals surface area contributed by atoms with E-state index in [1.54, 1.807) is 19.1 Å². The van der Waals surface area contributed by atoms with Crippen molar-refractivity contribution in [2.75, 3.05) is 6.54 Å². The molecule has 0 saturated carbocycles. The molecule has 0 bridgehead atoms. The van der Waals surface area contributed by atoms with E-state index in [2.05, 4.69) is 5.32 Å². The van der Waals surface area contributed by atoms with E-state index in [0.717, 1.165) is 29.5 Å². The summed E-state index contributed by atoms with van der Waals surface area (Å²) in [5, 5.41) is 2.24. The third-order valence-electron chi connectivity index (χ3n) is 3.19. The van der Waals surface area contributed by atoms with Crippen LogP contribution in [0.1, 0.15) is 12.5 Å². The number of amides is 1. The minimum atomic E-state index is -0.680. The highest BCUT2D eigenvalue weighted by Crippen LogP contribution is 2.26. The van der Waals surface area contributed by atoms with Crippen LogP contribution in [0.3, 0.4) is 0 Å². The fraction of sp³-hybridized carbons (Fsp3) is 0.235. The molecule has 0 aliphatic heterocycles. The van der Waals surface area contributed by atoms with E-state index in [0.29, 0.717) is 13.0 Å². The zero-order valence-electron chi connectivity index (χ0n) is 12.5. The van der Waals surface area contributed by atoms with Crippen molar-refractivity contribution in [1.82, 2.24) is 5.32 Å². The van der Waals surface area contributed by atoms with Gasteiger partial charge in [0.1, 0.15) is 17.5 Å². The monoisotopic (exact) mass is 339 g/mol. The van der Waals surface area contributed by atoms with Crippen LogP contribution in [0.5, 0.6) is 0 Å². The summed E-state index contributed by atoms with van der Waals surface area (Å²) in [5.41, 5.74) is 0.914. The van der Waals surface area contributed by atoms with Crippen LogP contribution in [0.2, 0.25) is 0 Å². The summed E-state index contributed by atoms with van der Waals surface area (Å²) in [5.74, 6) is -1.87. The van der Waals surface area contributed by atoms with Crippen molar-refractivity contribution in [3.05, 3.63) is 65.5 Å². The molecule has 2 aromatic rings. The van der Waals surface area contributed by atoms with Gasteiger partial charge in [0.25, 0.3) is 0 Å². The van der Waals surface area contributed by atoms with E-state index in [9.17, 15) is 18.0 Å². The van der Waals surface area contributed by atoms with Crippen LogP contribution in [0.15, 0.2) is 47.4 Å². The summed E-state index contributed by atoms with van der Waals surface area (Å²) < 4.78 is 39.2. The van der Waals surface area contributed by atoms with Crippen molar-refractivity contribution < 1.29 is 18.0 Å². The van der Waals surface area contributed by atoms with Gasteiger partial charge in [-0.15, -0.1) is 11.8 Å². The Kier molecular flexibility index (Phi) is 6.10. The predicted molar refractivity (Wildman–Crippen MR) is 84.8 cm³/mol. The topological polar surface area (TPSA) is 29.1 Å². The number of rotatable bonds is 6. The maximum absolute atomic E-state index is 13.6. The van der Waals surface area contributed by atoms with Crippen LogP contribution in [-0.2, 0) is 11.2 Å². The Morgan fingerprint density at radius 2 is 1.74 bits per heavy atom. The Morgan fingerprint density at radius 1 is 1.09 bits per heavy atom. The molecule has 2 rings (SSSR count). The molecular weight excluding hydrogens is 323 g/mol. The van der Waals surface area contributed by atoms with E-state index in [1.165, 1.54) is 18.2 Å². The van der Waals surface area contributed by atoms with Crippen LogP contribution < -0.4 is 5.32 Å². The molecule has 122 valence electrons. The maximum atomic E-state index is 13.6. The molecule has 0 unspecified atom stereocenters. The van der Waals surface area contributed by atoms with Gasteiger partial charge < -0.3 is 5.32 Å². The fourth-order valence-corrected chi connectivity index (χ4v) is 2.83. The van der Waals surface area contributed by atoms with Crippen molar-refractivity contribution in [3.63, 3.8) is 0 Å². The van der Waals surface area contributed by atoms with Gasteiger partial charge in [-0.05, 0) is 43.2 Å². The highest BCUT2D eigenvalue weighted by Gasteiger charge is 2.16. The first-order chi connectivity index (χ1) is 11.0. The molecule has 0 aliphatic rings. The Bertz CT molecular complexity index is 676. The first-order valence-electron chi connectivity index (χ1n) is 7.09. The van der Waals surface area contributed by atoms with Crippen molar-refractivity contribution in [3.8, 4) is 0 Å². The summed E-state index contributed by atoms with van der Waals surface area (Å²) in [4.78, 5) is 12.2. The number of carbonyl (C=O) groups is 1. The minimum Gasteiger partial charge on any atom is -0.355 e. The molecule has 1 atom stereocenters. The third kappa shape index (κ3) is 5.32. The lowest BCUT2D eigenvalue weighted by molar-refractivity contribution is -0.120. The summed E-state index contributed by atoms with van der Waals surface area (Å²) in [6.07, 6.45) is 0.578. The van der Waals surface area contributed by atoms with Gasteiger partial charge in [0, 0.05) is 17.5 Å². The molecule has 2 aromatic carbocycles. The Morgan fingerprint density at radius 3 is 2.39 bits per heavy atom. The first-order valence-corrected chi connectivity index (χ1v) is 7.97. The van der Waals surface area contributed by atoms with Gasteiger partial charge in [0.2, 0.25) is 5.91 Å². The van der Waals surface area contributed by atoms with Crippen molar-refractivity contribution >= 4 is 17.7 Å². The molecular formula is C17H16F3NOS. The first kappa shape index (κ1) is 17.4. The minimum absolute atomic E-state index is 0.229. The molecule has 0 saturated heterocycles. The second-order valence-electron chi connectivity index (χ2n) is 5.00. The molecule has 0 fully saturated rings. The fourth-order valence-electron chi connectivity index (χ4n) is 1.94. The summed E-state index contributed by atoms with van der Waals surface area (Å²) in [6, 6.07) is 9.32. The molecule has 0 aromatic heterocycles. The number of nitrogens with one attached hydrogen (secondary N) is 1. The SMILES string of the molecule is C[C@@H](Sc1ccc(F)cc1F)C(=O)NCCc1ccc(F)cc1. The van der Waals surface area contributed by atoms with Crippen molar-refractivity contribution in [1.29, 1.82) is 0 Å². The molecule has 23 heavy (non-hydrogen) atoms. The maximum Gasteiger partial charge on any atom is 0.233 e. The number of carbonyl (C=O) groups excluding carboxylic acids is 1. The number of benzene rings is 2. The Hall–Kier alpha value is -1.95. The average molecular weight is 339 g/mol. The summed E-state index contributed by atoms with van der Waals surface area (Å²) in [7, 11) is 0. The van der Waals surface area contributed by atoms with Crippen LogP contribution in [0.25, 0.3) is 0 Å². The second-order valence-corrected chi connectivity index (χ2v) is 6.38. The van der Waals surface area contributed by atoms with Crippen molar-refractivity contribution in [2.24, 2.45) is 0 Å². The summed E-state index contributed by atoms with van der Waals surface area (Å²) in [6.45, 7) is 2.06.